The summed E-state index contributed by atoms with van der Waals surface area (Å²) in [5.41, 5.74) is 0.240. The van der Waals surface area contributed by atoms with E-state index >= 15 is 0 Å². The number of thioether (sulfide) groups is 1. The molecule has 156 valence electrons. The van der Waals surface area contributed by atoms with E-state index in [0.717, 1.165) is 25.0 Å². The molecule has 0 N–H and O–H groups in total. The number of carbonyl (C=O) groups is 2. The molecule has 1 saturated heterocycles. The van der Waals surface area contributed by atoms with Crippen LogP contribution in [0.5, 0.6) is 5.75 Å². The summed E-state index contributed by atoms with van der Waals surface area (Å²) in [5.74, 6) is 0.679. The number of nitrogens with zero attached hydrogens (tertiary/aromatic N) is 4. The van der Waals surface area contributed by atoms with Crippen LogP contribution in [0, 0.1) is 0 Å². The van der Waals surface area contributed by atoms with Gasteiger partial charge in [-0.25, -0.2) is 4.98 Å². The fourth-order valence-electron chi connectivity index (χ4n) is 4.18. The van der Waals surface area contributed by atoms with Crippen LogP contribution in [0.15, 0.2) is 40.4 Å². The summed E-state index contributed by atoms with van der Waals surface area (Å²) < 4.78 is 7.52. The average molecular weight is 426 g/mol. The number of carbonyl (C=O) groups excluding carboxylic acids is 2. The quantitative estimate of drug-likeness (QED) is 0.681. The molecule has 1 unspecified atom stereocenters. The minimum atomic E-state index is -0.789. The normalized spacial score (nSPS) is 20.3. The van der Waals surface area contributed by atoms with Crippen LogP contribution in [0.2, 0.25) is 0 Å². The second kappa shape index (κ2) is 7.79. The molecule has 3 aliphatic rings. The standard InChI is InChI=1S/C21H22N4O4S/c26-18-14(12-22-21-24(18)10-11-30-21)19(27)25-13-17(20(28)23-8-4-1-5-9-23)29-16-7-3-2-6-15(16)25/h2-3,6-7,12,17H,1,4-5,8-11,13H2. The maximum absolute atomic E-state index is 13.4. The lowest BCUT2D eigenvalue weighted by molar-refractivity contribution is -0.139. The Kier molecular flexibility index (Phi) is 4.98. The molecule has 5 rings (SSSR count). The van der Waals surface area contributed by atoms with Gasteiger partial charge in [0.1, 0.15) is 11.3 Å². The van der Waals surface area contributed by atoms with E-state index in [1.165, 1.54) is 22.9 Å². The van der Waals surface area contributed by atoms with Crippen molar-refractivity contribution in [1.29, 1.82) is 0 Å². The monoisotopic (exact) mass is 426 g/mol. The number of para-hydroxylation sites is 2. The maximum atomic E-state index is 13.4. The van der Waals surface area contributed by atoms with E-state index < -0.39 is 12.0 Å². The predicted molar refractivity (Wildman–Crippen MR) is 112 cm³/mol. The summed E-state index contributed by atoms with van der Waals surface area (Å²) in [6.45, 7) is 2.04. The second-order valence-electron chi connectivity index (χ2n) is 7.64. The zero-order chi connectivity index (χ0) is 20.7. The van der Waals surface area contributed by atoms with E-state index in [1.807, 2.05) is 4.90 Å². The highest BCUT2D eigenvalue weighted by atomic mass is 32.2. The van der Waals surface area contributed by atoms with Crippen LogP contribution < -0.4 is 15.2 Å². The first-order valence-electron chi connectivity index (χ1n) is 10.2. The Morgan fingerprint density at radius 2 is 1.90 bits per heavy atom. The van der Waals surface area contributed by atoms with Crippen molar-refractivity contribution >= 4 is 29.3 Å². The van der Waals surface area contributed by atoms with Gasteiger partial charge in [-0.1, -0.05) is 23.9 Å². The number of anilines is 1. The van der Waals surface area contributed by atoms with E-state index in [1.54, 1.807) is 28.8 Å². The molecule has 2 amide bonds. The predicted octanol–water partition coefficient (Wildman–Crippen LogP) is 1.77. The zero-order valence-electron chi connectivity index (χ0n) is 16.5. The Bertz CT molecular complexity index is 1060. The van der Waals surface area contributed by atoms with Gasteiger partial charge in [-0.15, -0.1) is 0 Å². The average Bonchev–Trinajstić information content (AvgIpc) is 3.28. The lowest BCUT2D eigenvalue weighted by atomic mass is 10.1. The first kappa shape index (κ1) is 19.2. The van der Waals surface area contributed by atoms with E-state index in [-0.39, 0.29) is 23.6 Å². The third-order valence-electron chi connectivity index (χ3n) is 5.75. The Labute approximate surface area is 177 Å². The molecule has 0 bridgehead atoms. The molecule has 1 aromatic carbocycles. The molecule has 0 radical (unpaired) electrons. The van der Waals surface area contributed by atoms with Crippen LogP contribution in [-0.4, -0.2) is 57.8 Å². The van der Waals surface area contributed by atoms with Crippen molar-refractivity contribution in [2.24, 2.45) is 0 Å². The van der Waals surface area contributed by atoms with Crippen molar-refractivity contribution in [2.45, 2.75) is 37.1 Å². The maximum Gasteiger partial charge on any atom is 0.267 e. The molecule has 4 heterocycles. The number of ether oxygens (including phenoxy) is 1. The van der Waals surface area contributed by atoms with Crippen molar-refractivity contribution in [3.8, 4) is 5.75 Å². The van der Waals surface area contributed by atoms with E-state index in [0.29, 0.717) is 36.2 Å². The molecule has 0 saturated carbocycles. The molecule has 1 fully saturated rings. The van der Waals surface area contributed by atoms with Crippen LogP contribution in [-0.2, 0) is 11.3 Å². The van der Waals surface area contributed by atoms with Crippen molar-refractivity contribution in [1.82, 2.24) is 14.5 Å². The molecule has 3 aliphatic heterocycles. The van der Waals surface area contributed by atoms with Crippen LogP contribution in [0.1, 0.15) is 29.6 Å². The van der Waals surface area contributed by atoms with E-state index in [2.05, 4.69) is 4.98 Å². The van der Waals surface area contributed by atoms with Gasteiger partial charge < -0.3 is 14.5 Å². The summed E-state index contributed by atoms with van der Waals surface area (Å²) in [6.07, 6.45) is 3.65. The van der Waals surface area contributed by atoms with Crippen molar-refractivity contribution in [3.63, 3.8) is 0 Å². The summed E-state index contributed by atoms with van der Waals surface area (Å²) in [5, 5.41) is 0.636. The number of hydrogen-bond acceptors (Lipinski definition) is 6. The van der Waals surface area contributed by atoms with Gasteiger partial charge in [-0.3, -0.25) is 19.0 Å². The molecule has 8 nitrogen and oxygen atoms in total. The number of fused-ring (bicyclic) bond motifs is 2. The Morgan fingerprint density at radius 3 is 2.73 bits per heavy atom. The summed E-state index contributed by atoms with van der Waals surface area (Å²) in [6, 6.07) is 7.12. The van der Waals surface area contributed by atoms with Crippen LogP contribution >= 0.6 is 11.8 Å². The van der Waals surface area contributed by atoms with Crippen molar-refractivity contribution < 1.29 is 14.3 Å². The molecule has 1 atom stereocenters. The second-order valence-corrected chi connectivity index (χ2v) is 8.70. The summed E-state index contributed by atoms with van der Waals surface area (Å²) in [4.78, 5) is 46.9. The van der Waals surface area contributed by atoms with Crippen molar-refractivity contribution in [2.75, 3.05) is 30.3 Å². The molecule has 0 spiro atoms. The van der Waals surface area contributed by atoms with Gasteiger partial charge in [0.15, 0.2) is 11.3 Å². The van der Waals surface area contributed by atoms with E-state index in [4.69, 9.17) is 4.74 Å². The van der Waals surface area contributed by atoms with Gasteiger partial charge in [0.25, 0.3) is 17.4 Å². The molecule has 30 heavy (non-hydrogen) atoms. The molecule has 9 heteroatoms. The number of hydrogen-bond donors (Lipinski definition) is 0. The lowest BCUT2D eigenvalue weighted by Crippen LogP contribution is -2.53. The fourth-order valence-corrected chi connectivity index (χ4v) is 5.10. The largest absolute Gasteiger partial charge is 0.476 e. The topological polar surface area (TPSA) is 84.7 Å². The van der Waals surface area contributed by atoms with Gasteiger partial charge in [0.05, 0.1) is 12.2 Å². The van der Waals surface area contributed by atoms with Gasteiger partial charge >= 0.3 is 0 Å². The smallest absolute Gasteiger partial charge is 0.267 e. The van der Waals surface area contributed by atoms with E-state index in [9.17, 15) is 14.4 Å². The first-order chi connectivity index (χ1) is 14.6. The zero-order valence-corrected chi connectivity index (χ0v) is 17.3. The van der Waals surface area contributed by atoms with Crippen LogP contribution in [0.25, 0.3) is 0 Å². The van der Waals surface area contributed by atoms with Crippen molar-refractivity contribution in [3.05, 3.63) is 46.4 Å². The summed E-state index contributed by atoms with van der Waals surface area (Å²) >= 11 is 1.50. The highest BCUT2D eigenvalue weighted by Gasteiger charge is 2.37. The number of likely N-dealkylation sites (tertiary alicyclic amines) is 1. The molecule has 1 aromatic heterocycles. The number of amides is 2. The minimum Gasteiger partial charge on any atom is -0.476 e. The fraction of sp³-hybridized carbons (Fsp3) is 0.429. The number of aromatic nitrogens is 2. The number of rotatable bonds is 2. The Hall–Kier alpha value is -2.81. The lowest BCUT2D eigenvalue weighted by Gasteiger charge is -2.37. The van der Waals surface area contributed by atoms with Crippen LogP contribution in [0.4, 0.5) is 5.69 Å². The number of piperidine rings is 1. The molecule has 2 aromatic rings. The Balaban J connectivity index is 1.48. The summed E-state index contributed by atoms with van der Waals surface area (Å²) in [7, 11) is 0. The van der Waals surface area contributed by atoms with Gasteiger partial charge in [0, 0.05) is 31.6 Å². The third-order valence-corrected chi connectivity index (χ3v) is 6.72. The van der Waals surface area contributed by atoms with Crippen LogP contribution in [0.3, 0.4) is 0 Å². The molecular formula is C21H22N4O4S. The first-order valence-corrected chi connectivity index (χ1v) is 11.2. The highest BCUT2D eigenvalue weighted by Crippen LogP contribution is 2.34. The highest BCUT2D eigenvalue weighted by molar-refractivity contribution is 7.99. The molecular weight excluding hydrogens is 404 g/mol. The third kappa shape index (κ3) is 3.27. The molecule has 0 aliphatic carbocycles. The van der Waals surface area contributed by atoms with Gasteiger partial charge in [0.2, 0.25) is 0 Å². The Morgan fingerprint density at radius 1 is 1.10 bits per heavy atom. The minimum absolute atomic E-state index is 0.0159. The number of benzene rings is 1. The van der Waals surface area contributed by atoms with Gasteiger partial charge in [-0.05, 0) is 31.4 Å². The van der Waals surface area contributed by atoms with Gasteiger partial charge in [-0.2, -0.15) is 0 Å². The SMILES string of the molecule is O=C(C1CN(C(=O)c2cnc3n(c2=O)CCS3)c2ccccc2O1)N1CCCCC1.